The molecule has 0 aliphatic rings. The number of imidazole rings is 1. The molecule has 2 heterocycles. The van der Waals surface area contributed by atoms with Crippen LogP contribution in [0.1, 0.15) is 19.7 Å². The fraction of sp³-hybridized carbons (Fsp3) is 0.643. The second-order valence-corrected chi connectivity index (χ2v) is 5.89. The number of aliphatic hydroxyl groups is 2. The number of nitrogens with one attached hydrogen (secondary N) is 1. The molecule has 0 amide bonds. The summed E-state index contributed by atoms with van der Waals surface area (Å²) in [4.78, 5) is 28.5. The Labute approximate surface area is 132 Å². The minimum Gasteiger partial charge on any atom is -0.390 e. The van der Waals surface area contributed by atoms with Gasteiger partial charge in [0.15, 0.2) is 11.2 Å². The second kappa shape index (κ2) is 6.65. The highest BCUT2D eigenvalue weighted by molar-refractivity contribution is 5.71. The number of hydrogen-bond acceptors (Lipinski definition) is 6. The zero-order valence-electron chi connectivity index (χ0n) is 13.8. The van der Waals surface area contributed by atoms with E-state index in [1.807, 2.05) is 13.8 Å². The fourth-order valence-electron chi connectivity index (χ4n) is 2.46. The van der Waals surface area contributed by atoms with E-state index in [1.54, 1.807) is 0 Å². The molecule has 0 unspecified atom stereocenters. The average Bonchev–Trinajstić information content (AvgIpc) is 2.87. The number of aromatic nitrogens is 4. The first-order valence-corrected chi connectivity index (χ1v) is 7.45. The lowest BCUT2D eigenvalue weighted by Gasteiger charge is -2.16. The monoisotopic (exact) mass is 325 g/mol. The molecule has 0 spiro atoms. The smallest absolute Gasteiger partial charge is 0.332 e. The first-order chi connectivity index (χ1) is 10.8. The van der Waals surface area contributed by atoms with Gasteiger partial charge in [0.25, 0.3) is 5.56 Å². The minimum absolute atomic E-state index is 0.0968. The van der Waals surface area contributed by atoms with Crippen molar-refractivity contribution in [1.29, 1.82) is 0 Å². The van der Waals surface area contributed by atoms with E-state index >= 15 is 0 Å². The predicted molar refractivity (Wildman–Crippen MR) is 85.3 cm³/mol. The third-order valence-electron chi connectivity index (χ3n) is 3.72. The highest BCUT2D eigenvalue weighted by atomic mass is 16.3. The number of fused-ring (bicyclic) bond motifs is 1. The van der Waals surface area contributed by atoms with Gasteiger partial charge in [0, 0.05) is 26.7 Å². The molecular formula is C14H23N5O4. The van der Waals surface area contributed by atoms with Gasteiger partial charge in [-0.15, -0.1) is 0 Å². The van der Waals surface area contributed by atoms with E-state index in [1.165, 1.54) is 23.2 Å². The summed E-state index contributed by atoms with van der Waals surface area (Å²) >= 11 is 0. The topological polar surface area (TPSA) is 114 Å². The Kier molecular flexibility index (Phi) is 5.03. The Hall–Kier alpha value is -1.97. The molecule has 3 N–H and O–H groups in total. The summed E-state index contributed by atoms with van der Waals surface area (Å²) < 4.78 is 3.72. The Bertz CT molecular complexity index is 817. The molecule has 128 valence electrons. The van der Waals surface area contributed by atoms with Crippen LogP contribution in [0.4, 0.5) is 0 Å². The second-order valence-electron chi connectivity index (χ2n) is 5.89. The molecule has 0 aromatic carbocycles. The van der Waals surface area contributed by atoms with Gasteiger partial charge in [0.1, 0.15) is 12.4 Å². The lowest BCUT2D eigenvalue weighted by atomic mass is 10.3. The predicted octanol–water partition coefficient (Wildman–Crippen LogP) is -1.72. The summed E-state index contributed by atoms with van der Waals surface area (Å²) in [5, 5.41) is 22.8. The number of aryl methyl sites for hydroxylation is 1. The average molecular weight is 325 g/mol. The van der Waals surface area contributed by atoms with Crippen LogP contribution in [-0.4, -0.2) is 47.6 Å². The molecule has 0 saturated heterocycles. The van der Waals surface area contributed by atoms with Gasteiger partial charge in [-0.2, -0.15) is 0 Å². The Morgan fingerprint density at radius 2 is 1.87 bits per heavy atom. The van der Waals surface area contributed by atoms with Crippen LogP contribution < -0.4 is 16.6 Å². The molecule has 0 bridgehead atoms. The van der Waals surface area contributed by atoms with E-state index in [-0.39, 0.29) is 29.6 Å². The summed E-state index contributed by atoms with van der Waals surface area (Å²) in [6.45, 7) is 3.97. The molecule has 2 rings (SSSR count). The number of rotatable bonds is 6. The van der Waals surface area contributed by atoms with Crippen LogP contribution >= 0.6 is 0 Å². The van der Waals surface area contributed by atoms with Crippen molar-refractivity contribution >= 4 is 11.2 Å². The maximum Gasteiger partial charge on any atom is 0.332 e. The summed E-state index contributed by atoms with van der Waals surface area (Å²) in [6.07, 6.45) is -0.762. The van der Waals surface area contributed by atoms with Crippen molar-refractivity contribution in [2.75, 3.05) is 6.54 Å². The number of aliphatic hydroxyl groups excluding tert-OH is 2. The molecule has 0 aliphatic heterocycles. The van der Waals surface area contributed by atoms with Crippen LogP contribution in [0.5, 0.6) is 0 Å². The summed E-state index contributed by atoms with van der Waals surface area (Å²) in [6, 6.07) is 0.218. The van der Waals surface area contributed by atoms with E-state index in [4.69, 9.17) is 0 Å². The third kappa shape index (κ3) is 3.21. The van der Waals surface area contributed by atoms with Crippen molar-refractivity contribution in [3.63, 3.8) is 0 Å². The van der Waals surface area contributed by atoms with Crippen LogP contribution in [0.25, 0.3) is 11.2 Å². The number of nitrogens with zero attached hydrogens (tertiary/aromatic N) is 4. The maximum atomic E-state index is 12.4. The molecule has 1 atom stereocenters. The number of hydrogen-bond donors (Lipinski definition) is 3. The fourth-order valence-corrected chi connectivity index (χ4v) is 2.46. The molecule has 0 saturated carbocycles. The van der Waals surface area contributed by atoms with E-state index < -0.39 is 24.0 Å². The van der Waals surface area contributed by atoms with Crippen molar-refractivity contribution < 1.29 is 10.2 Å². The van der Waals surface area contributed by atoms with Gasteiger partial charge < -0.3 is 20.1 Å². The molecular weight excluding hydrogens is 302 g/mol. The van der Waals surface area contributed by atoms with E-state index in [9.17, 15) is 19.8 Å². The lowest BCUT2D eigenvalue weighted by molar-refractivity contribution is 0.146. The maximum absolute atomic E-state index is 12.4. The van der Waals surface area contributed by atoms with Crippen LogP contribution in [0.2, 0.25) is 0 Å². The Balaban J connectivity index is 2.54. The molecule has 0 fully saturated rings. The van der Waals surface area contributed by atoms with Crippen molar-refractivity contribution in [1.82, 2.24) is 24.0 Å². The van der Waals surface area contributed by atoms with Gasteiger partial charge in [0.2, 0.25) is 0 Å². The zero-order chi connectivity index (χ0) is 17.3. The van der Waals surface area contributed by atoms with Crippen LogP contribution in [0.3, 0.4) is 0 Å². The van der Waals surface area contributed by atoms with E-state index in [2.05, 4.69) is 10.3 Å². The summed E-state index contributed by atoms with van der Waals surface area (Å²) in [5.74, 6) is 0.238. The standard InChI is InChI=1S/C14H23N5O4/c1-8(2)15-5-9(21)6-19-10(7-20)16-12-11(19)13(22)18(4)14(23)17(12)3/h8-9,15,20-21H,5-7H2,1-4H3/t9-/m0/s1. The zero-order valence-corrected chi connectivity index (χ0v) is 13.8. The minimum atomic E-state index is -0.762. The van der Waals surface area contributed by atoms with Gasteiger partial charge in [-0.3, -0.25) is 13.9 Å². The molecule has 0 aliphatic carbocycles. The summed E-state index contributed by atoms with van der Waals surface area (Å²) in [7, 11) is 2.90. The van der Waals surface area contributed by atoms with Gasteiger partial charge in [-0.25, -0.2) is 9.78 Å². The van der Waals surface area contributed by atoms with Crippen molar-refractivity contribution in [3.05, 3.63) is 26.7 Å². The SMILES string of the molecule is CC(C)NC[C@H](O)Cn1c(CO)nc2c1c(=O)n(C)c(=O)n2C. The largest absolute Gasteiger partial charge is 0.390 e. The van der Waals surface area contributed by atoms with Crippen LogP contribution in [0, 0.1) is 0 Å². The quantitative estimate of drug-likeness (QED) is 0.582. The van der Waals surface area contributed by atoms with Crippen molar-refractivity contribution in [2.24, 2.45) is 14.1 Å². The third-order valence-corrected chi connectivity index (χ3v) is 3.72. The molecule has 23 heavy (non-hydrogen) atoms. The van der Waals surface area contributed by atoms with Gasteiger partial charge >= 0.3 is 5.69 Å². The van der Waals surface area contributed by atoms with Crippen molar-refractivity contribution in [3.8, 4) is 0 Å². The highest BCUT2D eigenvalue weighted by Gasteiger charge is 2.20. The van der Waals surface area contributed by atoms with E-state index in [0.717, 1.165) is 4.57 Å². The van der Waals surface area contributed by atoms with Crippen LogP contribution in [0.15, 0.2) is 9.59 Å². The molecule has 9 heteroatoms. The Morgan fingerprint density at radius 1 is 1.22 bits per heavy atom. The molecule has 2 aromatic heterocycles. The molecule has 9 nitrogen and oxygen atoms in total. The van der Waals surface area contributed by atoms with Crippen LogP contribution in [-0.2, 0) is 27.2 Å². The Morgan fingerprint density at radius 3 is 2.43 bits per heavy atom. The lowest BCUT2D eigenvalue weighted by Crippen LogP contribution is -2.38. The van der Waals surface area contributed by atoms with E-state index in [0.29, 0.717) is 6.54 Å². The molecule has 0 radical (unpaired) electrons. The molecule has 2 aromatic rings. The highest BCUT2D eigenvalue weighted by Crippen LogP contribution is 2.12. The van der Waals surface area contributed by atoms with Gasteiger partial charge in [0.05, 0.1) is 12.6 Å². The van der Waals surface area contributed by atoms with Crippen molar-refractivity contribution in [2.45, 2.75) is 39.1 Å². The summed E-state index contributed by atoms with van der Waals surface area (Å²) in [5.41, 5.74) is -0.591. The van der Waals surface area contributed by atoms with Gasteiger partial charge in [-0.05, 0) is 0 Å². The first kappa shape index (κ1) is 17.4. The normalized spacial score (nSPS) is 13.2. The first-order valence-electron chi connectivity index (χ1n) is 7.45. The van der Waals surface area contributed by atoms with Gasteiger partial charge in [-0.1, -0.05) is 13.8 Å².